The Balaban J connectivity index is 1.69. The van der Waals surface area contributed by atoms with E-state index in [9.17, 15) is 9.90 Å². The molecule has 5 heteroatoms. The normalized spacial score (nSPS) is 11.8. The van der Waals surface area contributed by atoms with E-state index < -0.39 is 12.1 Å². The fourth-order valence-electron chi connectivity index (χ4n) is 3.48. The van der Waals surface area contributed by atoms with Crippen molar-refractivity contribution in [3.63, 3.8) is 0 Å². The lowest BCUT2D eigenvalue weighted by Crippen LogP contribution is -2.30. The minimum atomic E-state index is -0.586. The molecule has 1 amide bonds. The monoisotopic (exact) mass is 461 g/mol. The number of carbonyl (C=O) groups excluding carboxylic acids is 1. The molecule has 0 bridgehead atoms. The predicted octanol–water partition coefficient (Wildman–Crippen LogP) is 6.32. The summed E-state index contributed by atoms with van der Waals surface area (Å²) in [6.07, 6.45) is -0.559. The molecule has 4 rings (SSSR count). The molecule has 0 aromatic heterocycles. The first-order chi connectivity index (χ1) is 14.6. The highest BCUT2D eigenvalue weighted by Crippen LogP contribution is 2.36. The Morgan fingerprint density at radius 2 is 1.70 bits per heavy atom. The summed E-state index contributed by atoms with van der Waals surface area (Å²) < 4.78 is 6.32. The predicted molar refractivity (Wildman–Crippen MR) is 121 cm³/mol. The van der Waals surface area contributed by atoms with Crippen molar-refractivity contribution in [1.29, 1.82) is 0 Å². The fourth-order valence-corrected chi connectivity index (χ4v) is 3.90. The lowest BCUT2D eigenvalue weighted by atomic mass is 9.93. The molecular weight excluding hydrogens is 442 g/mol. The van der Waals surface area contributed by atoms with E-state index in [2.05, 4.69) is 21.2 Å². The molecule has 1 unspecified atom stereocenters. The number of hydrogen-bond acceptors (Lipinski definition) is 3. The lowest BCUT2D eigenvalue weighted by molar-refractivity contribution is 0.137. The van der Waals surface area contributed by atoms with E-state index in [1.807, 2.05) is 84.9 Å². The highest BCUT2D eigenvalue weighted by Gasteiger charge is 2.23. The molecule has 2 N–H and O–H groups in total. The van der Waals surface area contributed by atoms with E-state index in [4.69, 9.17) is 4.74 Å². The second-order valence-corrected chi connectivity index (χ2v) is 7.83. The molecular formula is C25H20BrNO3. The molecule has 0 aliphatic heterocycles. The van der Waals surface area contributed by atoms with Crippen molar-refractivity contribution in [1.82, 2.24) is 5.32 Å². The number of rotatable bonds is 5. The molecule has 4 nitrogen and oxygen atoms in total. The largest absolute Gasteiger partial charge is 0.508 e. The number of phenolic OH excluding ortho intramolecular Hbond substituents is 1. The third-order valence-electron chi connectivity index (χ3n) is 4.89. The smallest absolute Gasteiger partial charge is 0.408 e. The maximum atomic E-state index is 12.7. The quantitative estimate of drug-likeness (QED) is 0.365. The maximum absolute atomic E-state index is 12.7. The van der Waals surface area contributed by atoms with E-state index >= 15 is 0 Å². The summed E-state index contributed by atoms with van der Waals surface area (Å²) in [5, 5.41) is 15.5. The molecule has 30 heavy (non-hydrogen) atoms. The third-order valence-corrected chi connectivity index (χ3v) is 5.39. The molecule has 4 aromatic carbocycles. The minimum absolute atomic E-state index is 0.113. The number of carbonyl (C=O) groups is 1. The first-order valence-electron chi connectivity index (χ1n) is 9.55. The molecule has 0 heterocycles. The second-order valence-electron chi connectivity index (χ2n) is 6.91. The van der Waals surface area contributed by atoms with Gasteiger partial charge in [0.05, 0.1) is 6.04 Å². The maximum Gasteiger partial charge on any atom is 0.408 e. The summed E-state index contributed by atoms with van der Waals surface area (Å²) >= 11 is 3.49. The molecule has 0 saturated carbocycles. The zero-order valence-electron chi connectivity index (χ0n) is 16.1. The van der Waals surface area contributed by atoms with E-state index in [-0.39, 0.29) is 12.4 Å². The summed E-state index contributed by atoms with van der Waals surface area (Å²) in [6, 6.07) is 27.8. The summed E-state index contributed by atoms with van der Waals surface area (Å²) in [6.45, 7) is 0.166. The van der Waals surface area contributed by atoms with Gasteiger partial charge in [-0.2, -0.15) is 0 Å². The van der Waals surface area contributed by atoms with Crippen LogP contribution in [0, 0.1) is 0 Å². The number of phenols is 1. The van der Waals surface area contributed by atoms with Gasteiger partial charge < -0.3 is 15.2 Å². The summed E-state index contributed by atoms with van der Waals surface area (Å²) in [4.78, 5) is 12.7. The highest BCUT2D eigenvalue weighted by molar-refractivity contribution is 9.10. The average molecular weight is 462 g/mol. The van der Waals surface area contributed by atoms with Crippen molar-refractivity contribution in [2.24, 2.45) is 0 Å². The zero-order chi connectivity index (χ0) is 20.9. The summed E-state index contributed by atoms with van der Waals surface area (Å²) in [5.41, 5.74) is 2.36. The van der Waals surface area contributed by atoms with E-state index in [1.165, 1.54) is 0 Å². The van der Waals surface area contributed by atoms with Gasteiger partial charge >= 0.3 is 6.09 Å². The van der Waals surface area contributed by atoms with Crippen molar-refractivity contribution in [2.45, 2.75) is 12.6 Å². The first kappa shape index (κ1) is 20.0. The number of benzene rings is 4. The Hall–Kier alpha value is -3.31. The molecule has 0 aliphatic carbocycles. The Labute approximate surface area is 183 Å². The van der Waals surface area contributed by atoms with Crippen LogP contribution >= 0.6 is 15.9 Å². The van der Waals surface area contributed by atoms with Crippen LogP contribution in [0.25, 0.3) is 10.8 Å². The van der Waals surface area contributed by atoms with Gasteiger partial charge in [-0.15, -0.1) is 0 Å². The number of amides is 1. The Morgan fingerprint density at radius 3 is 2.50 bits per heavy atom. The van der Waals surface area contributed by atoms with Gasteiger partial charge in [-0.25, -0.2) is 4.79 Å². The van der Waals surface area contributed by atoms with Crippen LogP contribution < -0.4 is 5.32 Å². The van der Waals surface area contributed by atoms with Crippen LogP contribution in [0.2, 0.25) is 0 Å². The number of fused-ring (bicyclic) bond motifs is 1. The summed E-state index contributed by atoms with van der Waals surface area (Å²) in [5.74, 6) is 0.113. The van der Waals surface area contributed by atoms with Crippen molar-refractivity contribution < 1.29 is 14.6 Å². The molecule has 0 aliphatic rings. The Kier molecular flexibility index (Phi) is 6.00. The van der Waals surface area contributed by atoms with Gasteiger partial charge in [0.1, 0.15) is 12.4 Å². The Morgan fingerprint density at radius 1 is 0.933 bits per heavy atom. The standard InChI is InChI=1S/C25H20BrNO3/c26-20-11-6-10-19(15-20)24(27-25(29)30-16-17-7-2-1-3-8-17)23-21-12-5-4-9-18(21)13-14-22(23)28/h1-15,24,28H,16H2,(H,27,29). The SMILES string of the molecule is O=C(NC(c1cccc(Br)c1)c1c(O)ccc2ccccc12)OCc1ccccc1. The Bertz CT molecular complexity index is 1180. The third kappa shape index (κ3) is 4.47. The van der Waals surface area contributed by atoms with Crippen LogP contribution in [0.1, 0.15) is 22.7 Å². The zero-order valence-corrected chi connectivity index (χ0v) is 17.7. The minimum Gasteiger partial charge on any atom is -0.508 e. The number of halogens is 1. The average Bonchev–Trinajstić information content (AvgIpc) is 2.77. The van der Waals surface area contributed by atoms with Gasteiger partial charge in [-0.1, -0.05) is 88.7 Å². The van der Waals surface area contributed by atoms with Crippen molar-refractivity contribution in [2.75, 3.05) is 0 Å². The molecule has 150 valence electrons. The van der Waals surface area contributed by atoms with Gasteiger partial charge in [0.25, 0.3) is 0 Å². The van der Waals surface area contributed by atoms with Crippen LogP contribution in [-0.2, 0) is 11.3 Å². The number of nitrogens with one attached hydrogen (secondary N) is 1. The fraction of sp³-hybridized carbons (Fsp3) is 0.0800. The van der Waals surface area contributed by atoms with Gasteiger partial charge in [-0.3, -0.25) is 0 Å². The number of ether oxygens (including phenoxy) is 1. The van der Waals surface area contributed by atoms with Crippen LogP contribution in [0.5, 0.6) is 5.75 Å². The number of alkyl carbamates (subject to hydrolysis) is 1. The first-order valence-corrected chi connectivity index (χ1v) is 10.3. The van der Waals surface area contributed by atoms with Crippen molar-refractivity contribution in [3.8, 4) is 5.75 Å². The van der Waals surface area contributed by atoms with Gasteiger partial charge in [-0.05, 0) is 40.1 Å². The van der Waals surface area contributed by atoms with Gasteiger partial charge in [0.2, 0.25) is 0 Å². The van der Waals surface area contributed by atoms with Crippen LogP contribution in [-0.4, -0.2) is 11.2 Å². The molecule has 0 fully saturated rings. The second kappa shape index (κ2) is 9.01. The van der Waals surface area contributed by atoms with E-state index in [0.717, 1.165) is 26.4 Å². The molecule has 0 radical (unpaired) electrons. The molecule has 1 atom stereocenters. The van der Waals surface area contributed by atoms with Gasteiger partial charge in [0.15, 0.2) is 0 Å². The van der Waals surface area contributed by atoms with Crippen LogP contribution in [0.15, 0.2) is 95.5 Å². The van der Waals surface area contributed by atoms with Crippen molar-refractivity contribution >= 4 is 32.8 Å². The van der Waals surface area contributed by atoms with E-state index in [1.54, 1.807) is 6.07 Å². The molecule has 4 aromatic rings. The lowest BCUT2D eigenvalue weighted by Gasteiger charge is -2.22. The van der Waals surface area contributed by atoms with Gasteiger partial charge in [0, 0.05) is 10.0 Å². The van der Waals surface area contributed by atoms with Crippen molar-refractivity contribution in [3.05, 3.63) is 112 Å². The molecule has 0 spiro atoms. The van der Waals surface area contributed by atoms with Crippen LogP contribution in [0.4, 0.5) is 4.79 Å². The number of hydrogen-bond donors (Lipinski definition) is 2. The highest BCUT2D eigenvalue weighted by atomic mass is 79.9. The molecule has 0 saturated heterocycles. The number of aromatic hydroxyl groups is 1. The van der Waals surface area contributed by atoms with E-state index in [0.29, 0.717) is 5.56 Å². The van der Waals surface area contributed by atoms with Crippen LogP contribution in [0.3, 0.4) is 0 Å². The topological polar surface area (TPSA) is 58.6 Å². The summed E-state index contributed by atoms with van der Waals surface area (Å²) in [7, 11) is 0.